The maximum Gasteiger partial charge on any atom is 0.333 e. The normalized spacial score (nSPS) is 22.0. The molecule has 1 aliphatic heterocycles. The van der Waals surface area contributed by atoms with Gasteiger partial charge in [-0.05, 0) is 17.7 Å². The number of hydrogen-bond acceptors (Lipinski definition) is 3. The van der Waals surface area contributed by atoms with Gasteiger partial charge in [0.05, 0.1) is 12.0 Å². The maximum atomic E-state index is 11.1. The van der Waals surface area contributed by atoms with Gasteiger partial charge in [-0.3, -0.25) is 0 Å². The van der Waals surface area contributed by atoms with Gasteiger partial charge in [0.25, 0.3) is 0 Å². The SMILES string of the molecule is C=C1C(=O)OC[C@H]1[C@@H](O)c1cccc(Cl)c1. The van der Waals surface area contributed by atoms with Gasteiger partial charge in [-0.2, -0.15) is 0 Å². The van der Waals surface area contributed by atoms with Crippen LogP contribution < -0.4 is 0 Å². The number of cyclic esters (lactones) is 1. The van der Waals surface area contributed by atoms with E-state index in [4.69, 9.17) is 16.3 Å². The van der Waals surface area contributed by atoms with Crippen molar-refractivity contribution in [2.75, 3.05) is 6.61 Å². The molecule has 1 heterocycles. The summed E-state index contributed by atoms with van der Waals surface area (Å²) in [5, 5.41) is 10.6. The fourth-order valence-corrected chi connectivity index (χ4v) is 1.91. The Morgan fingerprint density at radius 3 is 2.88 bits per heavy atom. The third-order valence-electron chi connectivity index (χ3n) is 2.68. The van der Waals surface area contributed by atoms with Crippen LogP contribution in [0.15, 0.2) is 36.4 Å². The molecule has 0 radical (unpaired) electrons. The summed E-state index contributed by atoms with van der Waals surface area (Å²) in [5.41, 5.74) is 0.976. The molecule has 0 saturated carbocycles. The van der Waals surface area contributed by atoms with Crippen LogP contribution in [-0.2, 0) is 9.53 Å². The van der Waals surface area contributed by atoms with E-state index in [9.17, 15) is 9.90 Å². The number of carbonyl (C=O) groups is 1. The van der Waals surface area contributed by atoms with E-state index in [-0.39, 0.29) is 12.5 Å². The number of hydrogen-bond donors (Lipinski definition) is 1. The van der Waals surface area contributed by atoms with Gasteiger partial charge in [-0.25, -0.2) is 4.79 Å². The molecule has 1 saturated heterocycles. The van der Waals surface area contributed by atoms with Crippen molar-refractivity contribution < 1.29 is 14.6 Å². The molecule has 2 rings (SSSR count). The van der Waals surface area contributed by atoms with E-state index < -0.39 is 12.1 Å². The first-order valence-electron chi connectivity index (χ1n) is 4.89. The van der Waals surface area contributed by atoms with E-state index in [1.165, 1.54) is 0 Å². The Morgan fingerprint density at radius 2 is 2.31 bits per heavy atom. The summed E-state index contributed by atoms with van der Waals surface area (Å²) in [7, 11) is 0. The van der Waals surface area contributed by atoms with Gasteiger partial charge in [0.1, 0.15) is 6.61 Å². The van der Waals surface area contributed by atoms with Crippen molar-refractivity contribution in [2.24, 2.45) is 5.92 Å². The topological polar surface area (TPSA) is 46.5 Å². The molecule has 3 nitrogen and oxygen atoms in total. The smallest absolute Gasteiger partial charge is 0.333 e. The van der Waals surface area contributed by atoms with E-state index in [1.807, 2.05) is 0 Å². The molecule has 0 amide bonds. The highest BCUT2D eigenvalue weighted by molar-refractivity contribution is 6.30. The van der Waals surface area contributed by atoms with E-state index >= 15 is 0 Å². The average molecular weight is 239 g/mol. The zero-order valence-electron chi connectivity index (χ0n) is 8.52. The Bertz CT molecular complexity index is 442. The number of halogens is 1. The second-order valence-electron chi connectivity index (χ2n) is 3.73. The van der Waals surface area contributed by atoms with E-state index in [0.717, 1.165) is 0 Å². The lowest BCUT2D eigenvalue weighted by atomic mass is 9.92. The van der Waals surface area contributed by atoms with Crippen molar-refractivity contribution in [2.45, 2.75) is 6.10 Å². The number of ether oxygens (including phenoxy) is 1. The molecular formula is C12H11ClO3. The quantitative estimate of drug-likeness (QED) is 0.634. The van der Waals surface area contributed by atoms with Crippen molar-refractivity contribution >= 4 is 17.6 Å². The Labute approximate surface area is 98.3 Å². The molecule has 0 bridgehead atoms. The number of esters is 1. The Hall–Kier alpha value is -1.32. The van der Waals surface area contributed by atoms with E-state index in [0.29, 0.717) is 16.2 Å². The van der Waals surface area contributed by atoms with Crippen LogP contribution >= 0.6 is 11.6 Å². The Morgan fingerprint density at radius 1 is 1.56 bits per heavy atom. The number of benzene rings is 1. The molecule has 16 heavy (non-hydrogen) atoms. The van der Waals surface area contributed by atoms with Crippen LogP contribution in [0.5, 0.6) is 0 Å². The highest BCUT2D eigenvalue weighted by atomic mass is 35.5. The van der Waals surface area contributed by atoms with Gasteiger partial charge >= 0.3 is 5.97 Å². The third-order valence-corrected chi connectivity index (χ3v) is 2.91. The minimum atomic E-state index is -0.808. The molecule has 1 aromatic carbocycles. The lowest BCUT2D eigenvalue weighted by molar-refractivity contribution is -0.135. The van der Waals surface area contributed by atoms with Gasteiger partial charge in [0.15, 0.2) is 0 Å². The molecule has 2 atom stereocenters. The van der Waals surface area contributed by atoms with Gasteiger partial charge in [0, 0.05) is 10.6 Å². The molecule has 1 fully saturated rings. The number of carbonyl (C=O) groups excluding carboxylic acids is 1. The molecule has 1 aliphatic rings. The highest BCUT2D eigenvalue weighted by Gasteiger charge is 2.34. The van der Waals surface area contributed by atoms with E-state index in [1.54, 1.807) is 24.3 Å². The fraction of sp³-hybridized carbons (Fsp3) is 0.250. The summed E-state index contributed by atoms with van der Waals surface area (Å²) in [6, 6.07) is 6.90. The highest BCUT2D eigenvalue weighted by Crippen LogP contribution is 2.33. The summed E-state index contributed by atoms with van der Waals surface area (Å²) < 4.78 is 4.82. The molecule has 0 aromatic heterocycles. The first-order chi connectivity index (χ1) is 7.59. The molecule has 0 unspecified atom stereocenters. The first-order valence-corrected chi connectivity index (χ1v) is 5.27. The zero-order chi connectivity index (χ0) is 11.7. The predicted octanol–water partition coefficient (Wildman–Crippen LogP) is 2.10. The van der Waals surface area contributed by atoms with E-state index in [2.05, 4.69) is 6.58 Å². The van der Waals surface area contributed by atoms with Gasteiger partial charge < -0.3 is 9.84 Å². The average Bonchev–Trinajstić information content (AvgIpc) is 2.59. The molecule has 1 N–H and O–H groups in total. The number of aliphatic hydroxyl groups is 1. The van der Waals surface area contributed by atoms with Crippen molar-refractivity contribution in [3.8, 4) is 0 Å². The minimum absolute atomic E-state index is 0.172. The van der Waals surface area contributed by atoms with Gasteiger partial charge in [-0.1, -0.05) is 30.3 Å². The van der Waals surface area contributed by atoms with Crippen LogP contribution in [0.2, 0.25) is 5.02 Å². The summed E-state index contributed by atoms with van der Waals surface area (Å²) >= 11 is 5.83. The predicted molar refractivity (Wildman–Crippen MR) is 60.0 cm³/mol. The lowest BCUT2D eigenvalue weighted by Crippen LogP contribution is -2.14. The number of aliphatic hydroxyl groups excluding tert-OH is 1. The minimum Gasteiger partial charge on any atom is -0.462 e. The molecule has 0 aliphatic carbocycles. The molecule has 1 aromatic rings. The van der Waals surface area contributed by atoms with Crippen LogP contribution in [0.3, 0.4) is 0 Å². The second-order valence-corrected chi connectivity index (χ2v) is 4.17. The third kappa shape index (κ3) is 1.96. The molecule has 0 spiro atoms. The fourth-order valence-electron chi connectivity index (χ4n) is 1.71. The van der Waals surface area contributed by atoms with Crippen molar-refractivity contribution in [3.63, 3.8) is 0 Å². The lowest BCUT2D eigenvalue weighted by Gasteiger charge is -2.16. The summed E-state index contributed by atoms with van der Waals surface area (Å²) in [4.78, 5) is 11.1. The molecule has 4 heteroatoms. The largest absolute Gasteiger partial charge is 0.462 e. The van der Waals surface area contributed by atoms with Crippen molar-refractivity contribution in [1.82, 2.24) is 0 Å². The Balaban J connectivity index is 2.22. The maximum absolute atomic E-state index is 11.1. The van der Waals surface area contributed by atoms with Crippen LogP contribution in [-0.4, -0.2) is 17.7 Å². The monoisotopic (exact) mass is 238 g/mol. The Kier molecular flexibility index (Phi) is 2.99. The van der Waals surface area contributed by atoms with Gasteiger partial charge in [-0.15, -0.1) is 0 Å². The second kappa shape index (κ2) is 4.28. The van der Waals surface area contributed by atoms with Gasteiger partial charge in [0.2, 0.25) is 0 Å². The standard InChI is InChI=1S/C12H11ClO3/c1-7-10(6-16-12(7)15)11(14)8-3-2-4-9(13)5-8/h2-5,10-11,14H,1,6H2/t10-,11+/m1/s1. The summed E-state index contributed by atoms with van der Waals surface area (Å²) in [6.45, 7) is 3.79. The van der Waals surface area contributed by atoms with Crippen molar-refractivity contribution in [1.29, 1.82) is 0 Å². The molecule has 84 valence electrons. The summed E-state index contributed by atoms with van der Waals surface area (Å²) in [6.07, 6.45) is -0.808. The van der Waals surface area contributed by atoms with Crippen LogP contribution in [0.4, 0.5) is 0 Å². The van der Waals surface area contributed by atoms with Crippen LogP contribution in [0.1, 0.15) is 11.7 Å². The van der Waals surface area contributed by atoms with Crippen LogP contribution in [0, 0.1) is 5.92 Å². The first kappa shape index (κ1) is 11.2. The number of rotatable bonds is 2. The molecular weight excluding hydrogens is 228 g/mol. The van der Waals surface area contributed by atoms with Crippen LogP contribution in [0.25, 0.3) is 0 Å². The van der Waals surface area contributed by atoms with Crippen molar-refractivity contribution in [3.05, 3.63) is 47.0 Å². The summed E-state index contributed by atoms with van der Waals surface area (Å²) in [5.74, 6) is -0.822. The zero-order valence-corrected chi connectivity index (χ0v) is 9.28.